The molecule has 1 aromatic heterocycles. The molecule has 0 amide bonds. The molecule has 3 aromatic rings. The molecular formula is C25H24BrClN2O3. The van der Waals surface area contributed by atoms with Gasteiger partial charge in [0.2, 0.25) is 0 Å². The van der Waals surface area contributed by atoms with Gasteiger partial charge < -0.3 is 19.8 Å². The summed E-state index contributed by atoms with van der Waals surface area (Å²) in [6.07, 6.45) is 0.372. The van der Waals surface area contributed by atoms with Crippen LogP contribution in [0.5, 0.6) is 5.75 Å². The number of hydrogen-bond acceptors (Lipinski definition) is 5. The molecule has 0 saturated heterocycles. The lowest BCUT2D eigenvalue weighted by molar-refractivity contribution is -0.153. The van der Waals surface area contributed by atoms with Crippen molar-refractivity contribution in [3.63, 3.8) is 0 Å². The van der Waals surface area contributed by atoms with Gasteiger partial charge >= 0.3 is 0 Å². The summed E-state index contributed by atoms with van der Waals surface area (Å²) in [4.78, 5) is 6.49. The molecule has 2 heterocycles. The first-order valence-corrected chi connectivity index (χ1v) is 11.7. The van der Waals surface area contributed by atoms with E-state index in [1.807, 2.05) is 73.6 Å². The number of pyridine rings is 1. The maximum atomic E-state index is 12.4. The van der Waals surface area contributed by atoms with Gasteiger partial charge in [0, 0.05) is 35.1 Å². The van der Waals surface area contributed by atoms with E-state index in [1.54, 1.807) is 6.07 Å². The van der Waals surface area contributed by atoms with Gasteiger partial charge in [-0.3, -0.25) is 4.98 Å². The topological polar surface area (TPSA) is 65.8 Å². The maximum Gasteiger partial charge on any atom is 0.181 e. The lowest BCUT2D eigenvalue weighted by Gasteiger charge is -2.40. The molecule has 1 fully saturated rings. The summed E-state index contributed by atoms with van der Waals surface area (Å²) in [5.74, 6) is -0.266. The summed E-state index contributed by atoms with van der Waals surface area (Å²) in [6.45, 7) is 0.563. The molecule has 0 bridgehead atoms. The molecule has 1 aliphatic carbocycles. The van der Waals surface area contributed by atoms with Crippen molar-refractivity contribution in [2.24, 2.45) is 5.92 Å². The van der Waals surface area contributed by atoms with Gasteiger partial charge in [-0.05, 0) is 37.4 Å². The first-order chi connectivity index (χ1) is 15.3. The summed E-state index contributed by atoms with van der Waals surface area (Å²) < 4.78 is 7.60. The van der Waals surface area contributed by atoms with E-state index in [2.05, 4.69) is 20.9 Å². The molecule has 7 heteroatoms. The van der Waals surface area contributed by atoms with Crippen molar-refractivity contribution in [3.05, 3.63) is 93.2 Å². The number of aromatic nitrogens is 1. The fourth-order valence-corrected chi connectivity index (χ4v) is 6.00. The molecule has 5 atom stereocenters. The van der Waals surface area contributed by atoms with Crippen LogP contribution in [0.15, 0.2) is 71.3 Å². The van der Waals surface area contributed by atoms with Crippen molar-refractivity contribution in [1.82, 2.24) is 9.88 Å². The van der Waals surface area contributed by atoms with E-state index in [0.717, 1.165) is 15.6 Å². The van der Waals surface area contributed by atoms with Gasteiger partial charge in [0.1, 0.15) is 11.4 Å². The normalized spacial score (nSPS) is 30.8. The molecule has 32 heavy (non-hydrogen) atoms. The fourth-order valence-electron chi connectivity index (χ4n) is 5.59. The number of aliphatic hydroxyl groups is 2. The van der Waals surface area contributed by atoms with Crippen LogP contribution >= 0.6 is 27.5 Å². The third kappa shape index (κ3) is 2.97. The molecule has 0 spiro atoms. The molecule has 5 nitrogen and oxygen atoms in total. The molecule has 1 saturated carbocycles. The average Bonchev–Trinajstić information content (AvgIpc) is 3.12. The largest absolute Gasteiger partial charge is 0.476 e. The van der Waals surface area contributed by atoms with E-state index in [4.69, 9.17) is 16.3 Å². The molecule has 2 aliphatic rings. The Kier molecular flexibility index (Phi) is 5.34. The van der Waals surface area contributed by atoms with Crippen LogP contribution in [0, 0.1) is 5.92 Å². The number of rotatable bonds is 4. The van der Waals surface area contributed by atoms with E-state index < -0.39 is 17.3 Å². The molecule has 1 aliphatic heterocycles. The highest BCUT2D eigenvalue weighted by molar-refractivity contribution is 9.10. The van der Waals surface area contributed by atoms with Crippen molar-refractivity contribution in [2.75, 3.05) is 20.6 Å². The van der Waals surface area contributed by atoms with Crippen molar-refractivity contribution >= 4 is 27.5 Å². The number of halogens is 2. The summed E-state index contributed by atoms with van der Waals surface area (Å²) in [7, 11) is 3.93. The van der Waals surface area contributed by atoms with Gasteiger partial charge in [-0.1, -0.05) is 70.0 Å². The summed E-state index contributed by atoms with van der Waals surface area (Å²) in [5, 5.41) is 24.6. The number of fused-ring (bicyclic) bond motifs is 3. The minimum atomic E-state index is -1.76. The van der Waals surface area contributed by atoms with Gasteiger partial charge in [0.25, 0.3) is 0 Å². The quantitative estimate of drug-likeness (QED) is 0.542. The summed E-state index contributed by atoms with van der Waals surface area (Å²) in [6, 6.07) is 19.3. The molecule has 2 aromatic carbocycles. The minimum absolute atomic E-state index is 0.313. The highest BCUT2D eigenvalue weighted by atomic mass is 79.9. The van der Waals surface area contributed by atoms with Crippen molar-refractivity contribution in [2.45, 2.75) is 23.2 Å². The van der Waals surface area contributed by atoms with E-state index in [1.165, 1.54) is 6.20 Å². The third-order valence-corrected chi connectivity index (χ3v) is 7.46. The smallest absolute Gasteiger partial charge is 0.181 e. The Hall–Kier alpha value is -1.96. The highest BCUT2D eigenvalue weighted by Crippen LogP contribution is 2.68. The molecular weight excluding hydrogens is 492 g/mol. The first kappa shape index (κ1) is 21.9. The number of hydrogen-bond donors (Lipinski definition) is 2. The zero-order valence-electron chi connectivity index (χ0n) is 17.7. The molecule has 1 unspecified atom stereocenters. The van der Waals surface area contributed by atoms with Gasteiger partial charge in [0.05, 0.1) is 11.1 Å². The Balaban J connectivity index is 1.83. The fraction of sp³-hybridized carbons (Fsp3) is 0.320. The summed E-state index contributed by atoms with van der Waals surface area (Å²) in [5.41, 5.74) is -0.973. The lowest BCUT2D eigenvalue weighted by Crippen LogP contribution is -2.52. The zero-order chi connectivity index (χ0) is 22.7. The Labute approximate surface area is 200 Å². The van der Waals surface area contributed by atoms with Crippen molar-refractivity contribution in [3.8, 4) is 5.75 Å². The second kappa shape index (κ2) is 7.82. The zero-order valence-corrected chi connectivity index (χ0v) is 20.1. The second-order valence-corrected chi connectivity index (χ2v) is 10.2. The lowest BCUT2D eigenvalue weighted by atomic mass is 9.71. The van der Waals surface area contributed by atoms with Crippen LogP contribution < -0.4 is 4.74 Å². The average molecular weight is 516 g/mol. The summed E-state index contributed by atoms with van der Waals surface area (Å²) >= 11 is 9.73. The SMILES string of the molecule is CN(C)C[C@H]1[C@@H](O)C2(O)c3ncc(Cl)cc3O[C@@]2(c2ccc(Br)cc2)[C@@H]1c1ccccc1. The van der Waals surface area contributed by atoms with Gasteiger partial charge in [-0.25, -0.2) is 0 Å². The maximum absolute atomic E-state index is 12.4. The van der Waals surface area contributed by atoms with Crippen LogP contribution in [-0.2, 0) is 11.2 Å². The number of benzene rings is 2. The van der Waals surface area contributed by atoms with Crippen LogP contribution in [0.25, 0.3) is 0 Å². The Bertz CT molecular complexity index is 1140. The van der Waals surface area contributed by atoms with Crippen LogP contribution in [0.4, 0.5) is 0 Å². The van der Waals surface area contributed by atoms with E-state index in [-0.39, 0.29) is 11.8 Å². The standard InChI is InChI=1S/C25H24BrClN2O3/c1-29(2)14-19-21(15-6-4-3-5-7-15)25(16-8-10-17(26)11-9-16)24(31,23(19)30)22-20(32-25)12-18(27)13-28-22/h3-13,19,21,23,30-31H,14H2,1-2H3/t19-,21-,23-,24?,25+/m1/s1. The Morgan fingerprint density at radius 1 is 1.12 bits per heavy atom. The van der Waals surface area contributed by atoms with Crippen LogP contribution in [-0.4, -0.2) is 46.8 Å². The van der Waals surface area contributed by atoms with Crippen LogP contribution in [0.2, 0.25) is 5.02 Å². The van der Waals surface area contributed by atoms with Gasteiger partial charge in [0.15, 0.2) is 11.2 Å². The second-order valence-electron chi connectivity index (χ2n) is 8.87. The number of nitrogens with zero attached hydrogens (tertiary/aromatic N) is 2. The van der Waals surface area contributed by atoms with Gasteiger partial charge in [-0.15, -0.1) is 0 Å². The monoisotopic (exact) mass is 514 g/mol. The molecule has 166 valence electrons. The van der Waals surface area contributed by atoms with E-state index in [0.29, 0.717) is 23.0 Å². The Morgan fingerprint density at radius 2 is 1.81 bits per heavy atom. The third-order valence-electron chi connectivity index (χ3n) is 6.72. The van der Waals surface area contributed by atoms with Crippen LogP contribution in [0.3, 0.4) is 0 Å². The van der Waals surface area contributed by atoms with Crippen LogP contribution in [0.1, 0.15) is 22.7 Å². The number of ether oxygens (including phenoxy) is 1. The van der Waals surface area contributed by atoms with Crippen molar-refractivity contribution in [1.29, 1.82) is 0 Å². The highest BCUT2D eigenvalue weighted by Gasteiger charge is 2.76. The first-order valence-electron chi connectivity index (χ1n) is 10.5. The predicted molar refractivity (Wildman–Crippen MR) is 127 cm³/mol. The predicted octanol–water partition coefficient (Wildman–Crippen LogP) is 4.31. The van der Waals surface area contributed by atoms with E-state index in [9.17, 15) is 10.2 Å². The molecule has 0 radical (unpaired) electrons. The Morgan fingerprint density at radius 3 is 2.47 bits per heavy atom. The molecule has 5 rings (SSSR count). The van der Waals surface area contributed by atoms with E-state index >= 15 is 0 Å². The molecule has 2 N–H and O–H groups in total. The van der Waals surface area contributed by atoms with Crippen molar-refractivity contribution < 1.29 is 14.9 Å². The van der Waals surface area contributed by atoms with Gasteiger partial charge in [-0.2, -0.15) is 0 Å². The minimum Gasteiger partial charge on any atom is -0.476 e. The number of aliphatic hydroxyl groups excluding tert-OH is 1.